The fraction of sp³-hybridized carbons (Fsp3) is 0.727. The molecule has 0 radical (unpaired) electrons. The molecule has 0 aliphatic heterocycles. The normalized spacial score (nSPS) is 20.1. The molecule has 0 bridgehead atoms. The second-order valence-corrected chi connectivity index (χ2v) is 4.28. The summed E-state index contributed by atoms with van der Waals surface area (Å²) in [6.07, 6.45) is 8.17. The van der Waals surface area contributed by atoms with Crippen LogP contribution >= 0.6 is 0 Å². The number of aromatic nitrogens is 1. The van der Waals surface area contributed by atoms with Crippen LogP contribution in [-0.4, -0.2) is 4.98 Å². The van der Waals surface area contributed by atoms with Gasteiger partial charge >= 0.3 is 0 Å². The number of hydrogen-bond donors (Lipinski definition) is 1. The molecule has 1 aliphatic carbocycles. The number of aryl methyl sites for hydroxylation is 1. The zero-order valence-corrected chi connectivity index (χ0v) is 8.70. The van der Waals surface area contributed by atoms with Crippen molar-refractivity contribution in [1.82, 2.24) is 4.98 Å². The summed E-state index contributed by atoms with van der Waals surface area (Å²) < 4.78 is 5.16. The van der Waals surface area contributed by atoms with E-state index in [4.69, 9.17) is 10.2 Å². The maximum absolute atomic E-state index is 6.07. The topological polar surface area (TPSA) is 52.0 Å². The van der Waals surface area contributed by atoms with Gasteiger partial charge in [-0.05, 0) is 12.3 Å². The fourth-order valence-corrected chi connectivity index (χ4v) is 2.28. The second-order valence-electron chi connectivity index (χ2n) is 4.28. The van der Waals surface area contributed by atoms with E-state index in [0.717, 1.165) is 18.0 Å². The van der Waals surface area contributed by atoms with Crippen molar-refractivity contribution in [2.24, 2.45) is 11.7 Å². The Balaban J connectivity index is 1.91. The van der Waals surface area contributed by atoms with Crippen molar-refractivity contribution in [3.63, 3.8) is 0 Å². The van der Waals surface area contributed by atoms with Gasteiger partial charge in [-0.1, -0.05) is 25.7 Å². The lowest BCUT2D eigenvalue weighted by Crippen LogP contribution is -2.14. The van der Waals surface area contributed by atoms with Crippen LogP contribution in [0.4, 0.5) is 0 Å². The number of nitrogens with zero attached hydrogens (tertiary/aromatic N) is 1. The first-order valence-corrected chi connectivity index (χ1v) is 5.43. The Morgan fingerprint density at radius 2 is 2.29 bits per heavy atom. The van der Waals surface area contributed by atoms with Crippen molar-refractivity contribution in [2.45, 2.75) is 45.1 Å². The van der Waals surface area contributed by atoms with E-state index >= 15 is 0 Å². The number of rotatable bonds is 3. The molecule has 1 aromatic heterocycles. The van der Waals surface area contributed by atoms with E-state index in [9.17, 15) is 0 Å². The van der Waals surface area contributed by atoms with E-state index in [2.05, 4.69) is 4.98 Å². The van der Waals surface area contributed by atoms with Crippen LogP contribution in [0.1, 0.15) is 49.7 Å². The van der Waals surface area contributed by atoms with Crippen molar-refractivity contribution >= 4 is 0 Å². The first-order valence-electron chi connectivity index (χ1n) is 5.43. The van der Waals surface area contributed by atoms with Crippen LogP contribution in [-0.2, 0) is 0 Å². The van der Waals surface area contributed by atoms with E-state index in [-0.39, 0.29) is 6.04 Å². The van der Waals surface area contributed by atoms with Crippen molar-refractivity contribution in [2.75, 3.05) is 0 Å². The van der Waals surface area contributed by atoms with Gasteiger partial charge in [0.25, 0.3) is 0 Å². The summed E-state index contributed by atoms with van der Waals surface area (Å²) in [5, 5.41) is 0. The van der Waals surface area contributed by atoms with Gasteiger partial charge in [-0.2, -0.15) is 0 Å². The summed E-state index contributed by atoms with van der Waals surface area (Å²) in [4.78, 5) is 4.26. The highest BCUT2D eigenvalue weighted by Crippen LogP contribution is 2.31. The summed E-state index contributed by atoms with van der Waals surface area (Å²) in [7, 11) is 0. The lowest BCUT2D eigenvalue weighted by atomic mass is 9.97. The fourth-order valence-electron chi connectivity index (χ4n) is 2.28. The third-order valence-corrected chi connectivity index (χ3v) is 3.08. The molecular weight excluding hydrogens is 176 g/mol. The second kappa shape index (κ2) is 4.13. The third kappa shape index (κ3) is 2.15. The van der Waals surface area contributed by atoms with E-state index in [1.165, 1.54) is 25.7 Å². The minimum atomic E-state index is 0.0653. The number of oxazole rings is 1. The van der Waals surface area contributed by atoms with Gasteiger partial charge in [-0.25, -0.2) is 4.98 Å². The van der Waals surface area contributed by atoms with Crippen molar-refractivity contribution in [3.05, 3.63) is 17.8 Å². The molecule has 3 nitrogen and oxygen atoms in total. The van der Waals surface area contributed by atoms with E-state index < -0.39 is 0 Å². The largest absolute Gasteiger partial charge is 0.449 e. The molecule has 14 heavy (non-hydrogen) atoms. The van der Waals surface area contributed by atoms with Crippen LogP contribution in [0.2, 0.25) is 0 Å². The maximum Gasteiger partial charge on any atom is 0.191 e. The molecule has 1 fully saturated rings. The predicted molar refractivity (Wildman–Crippen MR) is 54.7 cm³/mol. The van der Waals surface area contributed by atoms with Gasteiger partial charge in [0.05, 0.1) is 11.7 Å². The summed E-state index contributed by atoms with van der Waals surface area (Å²) in [6, 6.07) is 0.0653. The summed E-state index contributed by atoms with van der Waals surface area (Å²) in [5.74, 6) is 1.52. The van der Waals surface area contributed by atoms with Gasteiger partial charge in [-0.3, -0.25) is 0 Å². The van der Waals surface area contributed by atoms with Gasteiger partial charge in [0.2, 0.25) is 0 Å². The minimum Gasteiger partial charge on any atom is -0.449 e. The van der Waals surface area contributed by atoms with E-state index in [1.54, 1.807) is 6.26 Å². The lowest BCUT2D eigenvalue weighted by Gasteiger charge is -2.13. The van der Waals surface area contributed by atoms with Gasteiger partial charge in [0, 0.05) is 6.92 Å². The average Bonchev–Trinajstić information content (AvgIpc) is 2.75. The highest BCUT2D eigenvalue weighted by atomic mass is 16.3. The molecule has 0 spiro atoms. The molecule has 3 heteroatoms. The SMILES string of the molecule is Cc1nc(C(N)CC2CCCC2)co1. The highest BCUT2D eigenvalue weighted by molar-refractivity contribution is 5.02. The summed E-state index contributed by atoms with van der Waals surface area (Å²) >= 11 is 0. The molecule has 1 saturated carbocycles. The molecular formula is C11H18N2O. The van der Waals surface area contributed by atoms with Crippen molar-refractivity contribution in [1.29, 1.82) is 0 Å². The number of hydrogen-bond acceptors (Lipinski definition) is 3. The first kappa shape index (κ1) is 9.71. The molecule has 1 atom stereocenters. The minimum absolute atomic E-state index is 0.0653. The lowest BCUT2D eigenvalue weighted by molar-refractivity contribution is 0.444. The molecule has 0 amide bonds. The van der Waals surface area contributed by atoms with Crippen LogP contribution in [0, 0.1) is 12.8 Å². The van der Waals surface area contributed by atoms with Gasteiger partial charge in [0.1, 0.15) is 6.26 Å². The Hall–Kier alpha value is -0.830. The molecule has 2 N–H and O–H groups in total. The first-order chi connectivity index (χ1) is 6.75. The van der Waals surface area contributed by atoms with Gasteiger partial charge in [0.15, 0.2) is 5.89 Å². The van der Waals surface area contributed by atoms with E-state index in [1.807, 2.05) is 6.92 Å². The third-order valence-electron chi connectivity index (χ3n) is 3.08. The predicted octanol–water partition coefficient (Wildman–Crippen LogP) is 2.56. The Labute approximate surface area is 84.7 Å². The standard InChI is InChI=1S/C11H18N2O/c1-8-13-11(7-14-8)10(12)6-9-4-2-3-5-9/h7,9-10H,2-6,12H2,1H3. The number of nitrogens with two attached hydrogens (primary N) is 1. The zero-order valence-electron chi connectivity index (χ0n) is 8.70. The summed E-state index contributed by atoms with van der Waals surface area (Å²) in [5.41, 5.74) is 6.98. The van der Waals surface area contributed by atoms with Crippen LogP contribution in [0.5, 0.6) is 0 Å². The van der Waals surface area contributed by atoms with Crippen LogP contribution < -0.4 is 5.73 Å². The Morgan fingerprint density at radius 3 is 2.86 bits per heavy atom. The zero-order chi connectivity index (χ0) is 9.97. The van der Waals surface area contributed by atoms with Crippen molar-refractivity contribution in [3.8, 4) is 0 Å². The molecule has 0 aromatic carbocycles. The molecule has 1 aliphatic rings. The maximum atomic E-state index is 6.07. The average molecular weight is 194 g/mol. The monoisotopic (exact) mass is 194 g/mol. The quantitative estimate of drug-likeness (QED) is 0.804. The van der Waals surface area contributed by atoms with Crippen LogP contribution in [0.3, 0.4) is 0 Å². The highest BCUT2D eigenvalue weighted by Gasteiger charge is 2.20. The molecule has 1 aromatic rings. The molecule has 1 unspecified atom stereocenters. The Morgan fingerprint density at radius 1 is 1.57 bits per heavy atom. The van der Waals surface area contributed by atoms with Gasteiger partial charge < -0.3 is 10.2 Å². The molecule has 0 saturated heterocycles. The Bertz CT molecular complexity index is 289. The van der Waals surface area contributed by atoms with Crippen molar-refractivity contribution < 1.29 is 4.42 Å². The molecule has 1 heterocycles. The van der Waals surface area contributed by atoms with Crippen LogP contribution in [0.25, 0.3) is 0 Å². The summed E-state index contributed by atoms with van der Waals surface area (Å²) in [6.45, 7) is 1.85. The van der Waals surface area contributed by atoms with Gasteiger partial charge in [-0.15, -0.1) is 0 Å². The smallest absolute Gasteiger partial charge is 0.191 e. The Kier molecular flexibility index (Phi) is 2.87. The molecule has 78 valence electrons. The van der Waals surface area contributed by atoms with Crippen LogP contribution in [0.15, 0.2) is 10.7 Å². The van der Waals surface area contributed by atoms with E-state index in [0.29, 0.717) is 5.89 Å². The molecule has 2 rings (SSSR count).